The second-order valence-electron chi connectivity index (χ2n) is 9.92. The van der Waals surface area contributed by atoms with E-state index in [0.717, 1.165) is 44.1 Å². The van der Waals surface area contributed by atoms with Gasteiger partial charge < -0.3 is 14.2 Å². The van der Waals surface area contributed by atoms with Crippen LogP contribution in [0.5, 0.6) is 0 Å². The van der Waals surface area contributed by atoms with Gasteiger partial charge in [0.1, 0.15) is 5.60 Å². The molecule has 0 N–H and O–H groups in total. The number of halogens is 1. The van der Waals surface area contributed by atoms with E-state index in [1.165, 1.54) is 0 Å². The molecule has 3 heterocycles. The van der Waals surface area contributed by atoms with Gasteiger partial charge in [0.25, 0.3) is 0 Å². The Morgan fingerprint density at radius 2 is 1.92 bits per heavy atom. The van der Waals surface area contributed by atoms with E-state index >= 15 is 0 Å². The molecule has 0 aliphatic carbocycles. The lowest BCUT2D eigenvalue weighted by molar-refractivity contribution is 0.0282. The first-order valence-corrected chi connectivity index (χ1v) is 12.4. The van der Waals surface area contributed by atoms with Crippen molar-refractivity contribution in [3.8, 4) is 28.3 Å². The van der Waals surface area contributed by atoms with Crippen LogP contribution in [-0.4, -0.2) is 37.8 Å². The van der Waals surface area contributed by atoms with Crippen LogP contribution in [-0.2, 0) is 17.8 Å². The number of aromatic nitrogens is 3. The smallest absolute Gasteiger partial charge is 0.410 e. The summed E-state index contributed by atoms with van der Waals surface area (Å²) in [5, 5.41) is 0. The van der Waals surface area contributed by atoms with Crippen LogP contribution < -0.4 is 0 Å². The van der Waals surface area contributed by atoms with E-state index < -0.39 is 5.60 Å². The fraction of sp³-hybridized carbons (Fsp3) is 0.250. The zero-order valence-corrected chi connectivity index (χ0v) is 22.2. The molecule has 8 heteroatoms. The van der Waals surface area contributed by atoms with Crippen molar-refractivity contribution < 1.29 is 9.53 Å². The molecule has 1 aliphatic heterocycles. The highest BCUT2D eigenvalue weighted by Gasteiger charge is 2.26. The number of carbonyl (C=O) groups excluding carboxylic acids is 1. The minimum absolute atomic E-state index is 0.350. The van der Waals surface area contributed by atoms with Crippen LogP contribution in [0.15, 0.2) is 65.4 Å². The molecule has 5 rings (SSSR count). The predicted octanol–water partition coefficient (Wildman–Crippen LogP) is 7.05. The van der Waals surface area contributed by atoms with E-state index in [4.69, 9.17) is 16.3 Å². The Morgan fingerprint density at radius 3 is 2.61 bits per heavy atom. The van der Waals surface area contributed by atoms with E-state index in [-0.39, 0.29) is 6.09 Å². The zero-order chi connectivity index (χ0) is 25.6. The number of fused-ring (bicyclic) bond motifs is 5. The van der Waals surface area contributed by atoms with E-state index in [9.17, 15) is 4.79 Å². The minimum atomic E-state index is -0.567. The van der Waals surface area contributed by atoms with Crippen molar-refractivity contribution in [3.63, 3.8) is 0 Å². The maximum atomic E-state index is 12.7. The monoisotopic (exact) mass is 543 g/mol. The Bertz CT molecular complexity index is 1500. The Kier molecular flexibility index (Phi) is 5.97. The highest BCUT2D eigenvalue weighted by atomic mass is 79.9. The second kappa shape index (κ2) is 8.99. The van der Waals surface area contributed by atoms with Crippen molar-refractivity contribution in [1.82, 2.24) is 19.0 Å². The number of imidazole rings is 1. The molecule has 36 heavy (non-hydrogen) atoms. The molecule has 0 spiro atoms. The number of benzene rings is 2. The van der Waals surface area contributed by atoms with Gasteiger partial charge in [-0.15, -0.1) is 0 Å². The van der Waals surface area contributed by atoms with Crippen molar-refractivity contribution in [2.75, 3.05) is 7.05 Å². The van der Waals surface area contributed by atoms with Crippen LogP contribution in [0.3, 0.4) is 0 Å². The number of ether oxygens (including phenoxy) is 1. The Hall–Kier alpha value is -3.83. The normalized spacial score (nSPS) is 12.1. The van der Waals surface area contributed by atoms with Crippen LogP contribution in [0.4, 0.5) is 10.5 Å². The van der Waals surface area contributed by atoms with Gasteiger partial charge in [0, 0.05) is 29.8 Å². The maximum absolute atomic E-state index is 12.7. The highest BCUT2D eigenvalue weighted by Crippen LogP contribution is 2.36. The molecule has 0 atom stereocenters. The summed E-state index contributed by atoms with van der Waals surface area (Å²) in [5.41, 5.74) is 6.19. The molecule has 0 bridgehead atoms. The van der Waals surface area contributed by atoms with Gasteiger partial charge in [-0.1, -0.05) is 40.2 Å². The largest absolute Gasteiger partial charge is 0.444 e. The Balaban J connectivity index is 1.59. The van der Waals surface area contributed by atoms with Crippen molar-refractivity contribution in [2.45, 2.75) is 39.5 Å². The molecular weight excluding hydrogens is 518 g/mol. The van der Waals surface area contributed by atoms with Crippen LogP contribution >= 0.6 is 15.9 Å². The number of nitrogens with zero attached hydrogens (tertiary/aromatic N) is 5. The highest BCUT2D eigenvalue weighted by molar-refractivity contribution is 9.10. The third kappa shape index (κ3) is 4.54. The summed E-state index contributed by atoms with van der Waals surface area (Å²) in [6, 6.07) is 16.0. The lowest BCUT2D eigenvalue weighted by Gasteiger charge is -2.25. The van der Waals surface area contributed by atoms with Gasteiger partial charge in [-0.25, -0.2) is 14.6 Å². The molecule has 0 radical (unpaired) electrons. The molecule has 1 aliphatic rings. The van der Waals surface area contributed by atoms with Gasteiger partial charge in [0.15, 0.2) is 11.5 Å². The number of carbonyl (C=O) groups is 1. The molecule has 4 aromatic rings. The third-order valence-electron chi connectivity index (χ3n) is 6.02. The molecule has 0 unspecified atom stereocenters. The van der Waals surface area contributed by atoms with Crippen LogP contribution in [0.2, 0.25) is 0 Å². The summed E-state index contributed by atoms with van der Waals surface area (Å²) in [6.07, 6.45) is 3.58. The summed E-state index contributed by atoms with van der Waals surface area (Å²) >= 11 is 3.62. The Labute approximate surface area is 218 Å². The minimum Gasteiger partial charge on any atom is -0.444 e. The number of amides is 1. The van der Waals surface area contributed by atoms with Crippen molar-refractivity contribution in [1.29, 1.82) is 0 Å². The first-order valence-electron chi connectivity index (χ1n) is 11.6. The molecule has 7 nitrogen and oxygen atoms in total. The van der Waals surface area contributed by atoms with Crippen LogP contribution in [0, 0.1) is 6.57 Å². The topological polar surface area (TPSA) is 56.7 Å². The first-order chi connectivity index (χ1) is 17.1. The van der Waals surface area contributed by atoms with Crippen LogP contribution in [0.1, 0.15) is 32.0 Å². The summed E-state index contributed by atoms with van der Waals surface area (Å²) in [4.78, 5) is 22.5. The first kappa shape index (κ1) is 23.9. The number of hydrogen-bond acceptors (Lipinski definition) is 3. The fourth-order valence-electron chi connectivity index (χ4n) is 4.39. The van der Waals surface area contributed by atoms with Crippen molar-refractivity contribution in [2.24, 2.45) is 0 Å². The zero-order valence-electron chi connectivity index (χ0n) is 20.6. The molecule has 2 aromatic carbocycles. The second-order valence-corrected chi connectivity index (χ2v) is 10.8. The third-order valence-corrected chi connectivity index (χ3v) is 6.51. The summed E-state index contributed by atoms with van der Waals surface area (Å²) < 4.78 is 10.9. The summed E-state index contributed by atoms with van der Waals surface area (Å²) in [7, 11) is 1.74. The van der Waals surface area contributed by atoms with E-state index in [2.05, 4.69) is 54.3 Å². The van der Waals surface area contributed by atoms with Crippen LogP contribution in [0.25, 0.3) is 33.2 Å². The molecule has 1 amide bonds. The molecule has 2 aromatic heterocycles. The van der Waals surface area contributed by atoms with Gasteiger partial charge in [-0.05, 0) is 56.2 Å². The molecule has 0 saturated heterocycles. The maximum Gasteiger partial charge on any atom is 0.410 e. The fourth-order valence-corrected chi connectivity index (χ4v) is 4.80. The predicted molar refractivity (Wildman–Crippen MR) is 143 cm³/mol. The van der Waals surface area contributed by atoms with Gasteiger partial charge in [0.2, 0.25) is 0 Å². The van der Waals surface area contributed by atoms with E-state index in [1.807, 2.05) is 57.3 Å². The molecule has 182 valence electrons. The van der Waals surface area contributed by atoms with Gasteiger partial charge in [-0.3, -0.25) is 4.57 Å². The number of hydrogen-bond donors (Lipinski definition) is 0. The van der Waals surface area contributed by atoms with Gasteiger partial charge in [-0.2, -0.15) is 0 Å². The summed E-state index contributed by atoms with van der Waals surface area (Å²) in [6.45, 7) is 13.8. The summed E-state index contributed by atoms with van der Waals surface area (Å²) in [5.74, 6) is 0.813. The average molecular weight is 544 g/mol. The molecule has 0 fully saturated rings. The standard InChI is InChI=1S/C28H26BrN5O2/c1-28(2,3)36-27(35)32(5)17-23-14-31-26-25-13-19(18-6-9-22(30-4)10-7-18)15-33(25)16-20-12-21(29)8-11-24(20)34(23)26/h6-15H,16-17H2,1-3,5H3. The quantitative estimate of drug-likeness (QED) is 0.229. The lowest BCUT2D eigenvalue weighted by Crippen LogP contribution is -2.34. The van der Waals surface area contributed by atoms with Crippen molar-refractivity contribution in [3.05, 3.63) is 88.1 Å². The van der Waals surface area contributed by atoms with Gasteiger partial charge >= 0.3 is 6.09 Å². The molecular formula is C28H26BrN5O2. The van der Waals surface area contributed by atoms with E-state index in [0.29, 0.717) is 18.8 Å². The van der Waals surface area contributed by atoms with Gasteiger partial charge in [0.05, 0.1) is 36.4 Å². The SMILES string of the molecule is [C-]#[N+]c1ccc(-c2cc3n(c2)Cc2cc(Br)ccc2-n2c(CN(C)C(=O)OC(C)(C)C)cnc2-3)cc1. The van der Waals surface area contributed by atoms with Crippen molar-refractivity contribution >= 4 is 27.7 Å². The molecule has 0 saturated carbocycles. The lowest BCUT2D eigenvalue weighted by atomic mass is 10.1. The Morgan fingerprint density at radius 1 is 1.17 bits per heavy atom. The average Bonchev–Trinajstić information content (AvgIpc) is 3.39. The van der Waals surface area contributed by atoms with E-state index in [1.54, 1.807) is 11.9 Å². The number of rotatable bonds is 3.